The van der Waals surface area contributed by atoms with E-state index in [2.05, 4.69) is 0 Å². The van der Waals surface area contributed by atoms with Crippen LogP contribution in [0.1, 0.15) is 32.6 Å². The molecule has 13 heavy (non-hydrogen) atoms. The minimum atomic E-state index is -0.293. The van der Waals surface area contributed by atoms with Crippen LogP contribution in [0.15, 0.2) is 0 Å². The van der Waals surface area contributed by atoms with Crippen LogP contribution in [0.5, 0.6) is 0 Å². The van der Waals surface area contributed by atoms with Gasteiger partial charge >= 0.3 is 0 Å². The number of amidine groups is 1. The highest BCUT2D eigenvalue weighted by atomic mass is 16.1. The first kappa shape index (κ1) is 10.0. The average molecular weight is 183 g/mol. The average Bonchev–Trinajstić information content (AvgIpc) is 2.52. The first-order valence-electron chi connectivity index (χ1n) is 4.80. The van der Waals surface area contributed by atoms with E-state index in [1.807, 2.05) is 11.8 Å². The summed E-state index contributed by atoms with van der Waals surface area (Å²) in [7, 11) is 0. The van der Waals surface area contributed by atoms with Crippen LogP contribution in [0.4, 0.5) is 0 Å². The van der Waals surface area contributed by atoms with Gasteiger partial charge in [0.15, 0.2) is 0 Å². The lowest BCUT2D eigenvalue weighted by Gasteiger charge is -2.24. The zero-order valence-corrected chi connectivity index (χ0v) is 8.05. The number of nitrogens with one attached hydrogen (secondary N) is 1. The topological polar surface area (TPSA) is 70.2 Å². The molecule has 1 rings (SSSR count). The Hall–Kier alpha value is -1.06. The molecule has 1 amide bonds. The Balaban J connectivity index is 2.57. The van der Waals surface area contributed by atoms with E-state index < -0.39 is 0 Å². The maximum absolute atomic E-state index is 11.0. The summed E-state index contributed by atoms with van der Waals surface area (Å²) in [6, 6.07) is -0.223. The number of amides is 1. The fourth-order valence-electron chi connectivity index (χ4n) is 1.77. The summed E-state index contributed by atoms with van der Waals surface area (Å²) in [5.41, 5.74) is 5.24. The van der Waals surface area contributed by atoms with Crippen LogP contribution in [0.2, 0.25) is 0 Å². The fraction of sp³-hybridized carbons (Fsp3) is 0.778. The Morgan fingerprint density at radius 2 is 2.38 bits per heavy atom. The van der Waals surface area contributed by atoms with Crippen molar-refractivity contribution in [2.75, 3.05) is 6.54 Å². The molecular formula is C9H17N3O. The number of nitrogens with zero attached hydrogens (tertiary/aromatic N) is 1. The van der Waals surface area contributed by atoms with Crippen molar-refractivity contribution in [1.29, 1.82) is 5.41 Å². The minimum Gasteiger partial charge on any atom is -0.368 e. The molecule has 0 unspecified atom stereocenters. The van der Waals surface area contributed by atoms with Crippen LogP contribution in [-0.4, -0.2) is 29.2 Å². The molecule has 1 fully saturated rings. The van der Waals surface area contributed by atoms with Crippen LogP contribution in [0, 0.1) is 5.41 Å². The molecule has 0 bridgehead atoms. The first-order valence-corrected chi connectivity index (χ1v) is 4.80. The van der Waals surface area contributed by atoms with Gasteiger partial charge in [-0.05, 0) is 19.3 Å². The Morgan fingerprint density at radius 1 is 1.69 bits per heavy atom. The number of nitrogens with two attached hydrogens (primary N) is 1. The molecular weight excluding hydrogens is 166 g/mol. The van der Waals surface area contributed by atoms with Gasteiger partial charge in [0.05, 0.1) is 5.84 Å². The second-order valence-corrected chi connectivity index (χ2v) is 3.45. The lowest BCUT2D eigenvalue weighted by molar-refractivity contribution is -0.121. The molecule has 3 N–H and O–H groups in total. The van der Waals surface area contributed by atoms with Crippen LogP contribution < -0.4 is 5.73 Å². The maximum atomic E-state index is 11.0. The number of hydrogen-bond donors (Lipinski definition) is 2. The van der Waals surface area contributed by atoms with Crippen molar-refractivity contribution in [2.45, 2.75) is 38.6 Å². The van der Waals surface area contributed by atoms with Gasteiger partial charge in [-0.3, -0.25) is 10.2 Å². The van der Waals surface area contributed by atoms with Crippen molar-refractivity contribution >= 4 is 11.7 Å². The van der Waals surface area contributed by atoms with Gasteiger partial charge in [-0.25, -0.2) is 0 Å². The van der Waals surface area contributed by atoms with Crippen LogP contribution >= 0.6 is 0 Å². The Bertz CT molecular complexity index is 215. The number of likely N-dealkylation sites (tertiary alicyclic amines) is 1. The lowest BCUT2D eigenvalue weighted by atomic mass is 10.2. The van der Waals surface area contributed by atoms with E-state index in [4.69, 9.17) is 11.1 Å². The summed E-state index contributed by atoms with van der Waals surface area (Å²) in [5, 5.41) is 7.73. The SMILES string of the molecule is CCCC(=N)N1CCC[C@@H]1C(N)=O. The van der Waals surface area contributed by atoms with Crippen LogP contribution in [0.25, 0.3) is 0 Å². The van der Waals surface area contributed by atoms with Gasteiger partial charge in [-0.1, -0.05) is 6.92 Å². The summed E-state index contributed by atoms with van der Waals surface area (Å²) in [5.74, 6) is 0.266. The van der Waals surface area contributed by atoms with E-state index >= 15 is 0 Å². The van der Waals surface area contributed by atoms with Crippen molar-refractivity contribution in [2.24, 2.45) is 5.73 Å². The monoisotopic (exact) mass is 183 g/mol. The second kappa shape index (κ2) is 4.25. The molecule has 0 aromatic rings. The molecule has 0 radical (unpaired) electrons. The van der Waals surface area contributed by atoms with Gasteiger partial charge < -0.3 is 10.6 Å². The zero-order chi connectivity index (χ0) is 9.84. The fourth-order valence-corrected chi connectivity index (χ4v) is 1.77. The Labute approximate surface area is 78.6 Å². The standard InChI is InChI=1S/C9H17N3O/c1-2-4-8(10)12-6-3-5-7(12)9(11)13/h7,10H,2-6H2,1H3,(H2,11,13)/t7-/m1/s1. The van der Waals surface area contributed by atoms with Crippen molar-refractivity contribution in [1.82, 2.24) is 4.90 Å². The number of carbonyl (C=O) groups is 1. The van der Waals surface area contributed by atoms with Crippen molar-refractivity contribution in [3.63, 3.8) is 0 Å². The number of carbonyl (C=O) groups excluding carboxylic acids is 1. The molecule has 0 aromatic carbocycles. The predicted molar refractivity (Wildman–Crippen MR) is 51.6 cm³/mol. The molecule has 4 heteroatoms. The highest BCUT2D eigenvalue weighted by Crippen LogP contribution is 2.18. The van der Waals surface area contributed by atoms with Crippen molar-refractivity contribution in [3.05, 3.63) is 0 Å². The molecule has 1 saturated heterocycles. The van der Waals surface area contributed by atoms with Crippen LogP contribution in [0.3, 0.4) is 0 Å². The minimum absolute atomic E-state index is 0.223. The molecule has 74 valence electrons. The van der Waals surface area contributed by atoms with Gasteiger partial charge in [0, 0.05) is 13.0 Å². The Morgan fingerprint density at radius 3 is 2.92 bits per heavy atom. The Kier molecular flexibility index (Phi) is 3.28. The van der Waals surface area contributed by atoms with Crippen molar-refractivity contribution in [3.8, 4) is 0 Å². The molecule has 1 aliphatic rings. The third-order valence-corrected chi connectivity index (χ3v) is 2.41. The van der Waals surface area contributed by atoms with Crippen molar-refractivity contribution < 1.29 is 4.79 Å². The molecule has 0 spiro atoms. The summed E-state index contributed by atoms with van der Waals surface area (Å²) in [6.45, 7) is 2.84. The van der Waals surface area contributed by atoms with E-state index in [1.165, 1.54) is 0 Å². The molecule has 4 nitrogen and oxygen atoms in total. The smallest absolute Gasteiger partial charge is 0.240 e. The number of hydrogen-bond acceptors (Lipinski definition) is 2. The highest BCUT2D eigenvalue weighted by Gasteiger charge is 2.29. The second-order valence-electron chi connectivity index (χ2n) is 3.45. The van der Waals surface area contributed by atoms with E-state index in [-0.39, 0.29) is 11.9 Å². The summed E-state index contributed by atoms with van der Waals surface area (Å²) in [6.07, 6.45) is 3.46. The van der Waals surface area contributed by atoms with Gasteiger partial charge in [0.2, 0.25) is 5.91 Å². The highest BCUT2D eigenvalue weighted by molar-refractivity contribution is 5.88. The number of rotatable bonds is 3. The maximum Gasteiger partial charge on any atom is 0.240 e. The van der Waals surface area contributed by atoms with E-state index in [0.29, 0.717) is 5.84 Å². The molecule has 1 heterocycles. The largest absolute Gasteiger partial charge is 0.368 e. The molecule has 1 atom stereocenters. The molecule has 0 aliphatic carbocycles. The molecule has 0 aromatic heterocycles. The normalized spacial score (nSPS) is 21.9. The summed E-state index contributed by atoms with van der Waals surface area (Å²) < 4.78 is 0. The van der Waals surface area contributed by atoms with Gasteiger partial charge in [-0.15, -0.1) is 0 Å². The lowest BCUT2D eigenvalue weighted by Crippen LogP contribution is -2.43. The predicted octanol–water partition coefficient (Wildman–Crippen LogP) is 0.713. The zero-order valence-electron chi connectivity index (χ0n) is 8.05. The van der Waals surface area contributed by atoms with Crippen LogP contribution in [-0.2, 0) is 4.79 Å². The third kappa shape index (κ3) is 2.20. The summed E-state index contributed by atoms with van der Waals surface area (Å²) >= 11 is 0. The van der Waals surface area contributed by atoms with Gasteiger partial charge in [0.25, 0.3) is 0 Å². The first-order chi connectivity index (χ1) is 6.16. The third-order valence-electron chi connectivity index (χ3n) is 2.41. The molecule has 1 aliphatic heterocycles. The van der Waals surface area contributed by atoms with Gasteiger partial charge in [-0.2, -0.15) is 0 Å². The quantitative estimate of drug-likeness (QED) is 0.500. The molecule has 0 saturated carbocycles. The summed E-state index contributed by atoms with van der Waals surface area (Å²) in [4.78, 5) is 12.8. The van der Waals surface area contributed by atoms with Gasteiger partial charge in [0.1, 0.15) is 6.04 Å². The van der Waals surface area contributed by atoms with E-state index in [0.717, 1.165) is 32.2 Å². The number of primary amides is 1. The van der Waals surface area contributed by atoms with E-state index in [1.54, 1.807) is 0 Å². The van der Waals surface area contributed by atoms with E-state index in [9.17, 15) is 4.79 Å².